The molecule has 0 heterocycles. The molecule has 6 nitrogen and oxygen atoms in total. The first-order valence-electron chi connectivity index (χ1n) is 31.8. The van der Waals surface area contributed by atoms with E-state index < -0.39 is 6.10 Å². The van der Waals surface area contributed by atoms with Crippen molar-refractivity contribution in [3.63, 3.8) is 0 Å². The zero-order valence-corrected chi connectivity index (χ0v) is 48.7. The van der Waals surface area contributed by atoms with E-state index >= 15 is 0 Å². The first kappa shape index (κ1) is 70.1. The van der Waals surface area contributed by atoms with Gasteiger partial charge in [-0.25, -0.2) is 0 Å². The molecule has 1 atom stereocenters. The summed E-state index contributed by atoms with van der Waals surface area (Å²) >= 11 is 0. The molecule has 0 amide bonds. The fourth-order valence-electron chi connectivity index (χ4n) is 9.13. The van der Waals surface area contributed by atoms with Crippen LogP contribution in [0.4, 0.5) is 0 Å². The summed E-state index contributed by atoms with van der Waals surface area (Å²) in [6.45, 7) is 6.61. The molecule has 1 unspecified atom stereocenters. The average Bonchev–Trinajstić information content (AvgIpc) is 3.39. The summed E-state index contributed by atoms with van der Waals surface area (Å²) in [7, 11) is 0. The largest absolute Gasteiger partial charge is 0.462 e. The Balaban J connectivity index is 4.26. The number of hydrogen-bond donors (Lipinski definition) is 0. The van der Waals surface area contributed by atoms with E-state index in [4.69, 9.17) is 14.2 Å². The van der Waals surface area contributed by atoms with Gasteiger partial charge in [0.1, 0.15) is 13.2 Å². The van der Waals surface area contributed by atoms with Gasteiger partial charge in [-0.2, -0.15) is 0 Å². The second-order valence-electron chi connectivity index (χ2n) is 21.3. The number of allylic oxidation sites excluding steroid dienone is 10. The lowest BCUT2D eigenvalue weighted by Gasteiger charge is -2.18. The molecule has 73 heavy (non-hydrogen) atoms. The smallest absolute Gasteiger partial charge is 0.306 e. The van der Waals surface area contributed by atoms with E-state index in [9.17, 15) is 14.4 Å². The summed E-state index contributed by atoms with van der Waals surface area (Å²) in [4.78, 5) is 38.2. The SMILES string of the molecule is CCCC/C=C\CCCCCCCC(=O)OCC(COC(=O)CCCCCCCCCCCC/C=C\C/C=C\C/C=C\CCCCCCC)OC(=O)CCCCCCCCCCC/C=C\CCCCCCCC. The van der Waals surface area contributed by atoms with Crippen LogP contribution in [0.25, 0.3) is 0 Å². The highest BCUT2D eigenvalue weighted by Crippen LogP contribution is 2.16. The molecular formula is C67H120O6. The Labute approximate surface area is 453 Å². The lowest BCUT2D eigenvalue weighted by Crippen LogP contribution is -2.30. The van der Waals surface area contributed by atoms with Crippen molar-refractivity contribution in [1.29, 1.82) is 0 Å². The van der Waals surface area contributed by atoms with Crippen LogP contribution < -0.4 is 0 Å². The number of carbonyl (C=O) groups is 3. The Bertz CT molecular complexity index is 1310. The normalized spacial score (nSPS) is 12.4. The summed E-state index contributed by atoms with van der Waals surface area (Å²) in [5, 5.41) is 0. The maximum Gasteiger partial charge on any atom is 0.306 e. The third-order valence-electron chi connectivity index (χ3n) is 14.0. The Morgan fingerprint density at radius 2 is 0.507 bits per heavy atom. The first-order chi connectivity index (χ1) is 36.0. The molecule has 0 aromatic carbocycles. The zero-order chi connectivity index (χ0) is 52.9. The highest BCUT2D eigenvalue weighted by atomic mass is 16.6. The van der Waals surface area contributed by atoms with E-state index in [1.165, 1.54) is 212 Å². The molecule has 0 bridgehead atoms. The predicted octanol–water partition coefficient (Wildman–Crippen LogP) is 21.6. The van der Waals surface area contributed by atoms with Crippen LogP contribution in [0.1, 0.15) is 329 Å². The molecule has 0 aliphatic heterocycles. The Hall–Kier alpha value is -2.89. The van der Waals surface area contributed by atoms with Gasteiger partial charge >= 0.3 is 17.9 Å². The second-order valence-corrected chi connectivity index (χ2v) is 21.3. The molecule has 0 saturated heterocycles. The lowest BCUT2D eigenvalue weighted by atomic mass is 10.0. The third-order valence-corrected chi connectivity index (χ3v) is 14.0. The topological polar surface area (TPSA) is 78.9 Å². The molecule has 0 saturated carbocycles. The van der Waals surface area contributed by atoms with E-state index in [0.717, 1.165) is 77.0 Å². The number of esters is 3. The summed E-state index contributed by atoms with van der Waals surface area (Å²) in [5.74, 6) is -0.879. The lowest BCUT2D eigenvalue weighted by molar-refractivity contribution is -0.167. The monoisotopic (exact) mass is 1020 g/mol. The number of rotatable bonds is 58. The second kappa shape index (κ2) is 61.7. The van der Waals surface area contributed by atoms with Crippen molar-refractivity contribution in [2.24, 2.45) is 0 Å². The number of ether oxygens (including phenoxy) is 3. The van der Waals surface area contributed by atoms with Crippen molar-refractivity contribution < 1.29 is 28.6 Å². The van der Waals surface area contributed by atoms with Crippen LogP contribution in [-0.4, -0.2) is 37.2 Å². The van der Waals surface area contributed by atoms with E-state index in [1.807, 2.05) is 0 Å². The minimum Gasteiger partial charge on any atom is -0.462 e. The molecule has 0 spiro atoms. The maximum atomic E-state index is 12.9. The fraction of sp³-hybridized carbons (Fsp3) is 0.806. The summed E-state index contributed by atoms with van der Waals surface area (Å²) in [6, 6.07) is 0. The summed E-state index contributed by atoms with van der Waals surface area (Å²) in [5.41, 5.74) is 0. The van der Waals surface area contributed by atoms with Gasteiger partial charge in [-0.1, -0.05) is 268 Å². The summed E-state index contributed by atoms with van der Waals surface area (Å²) < 4.78 is 16.9. The molecular weight excluding hydrogens is 901 g/mol. The van der Waals surface area contributed by atoms with Crippen LogP contribution >= 0.6 is 0 Å². The Morgan fingerprint density at radius 3 is 0.822 bits per heavy atom. The third kappa shape index (κ3) is 59.9. The highest BCUT2D eigenvalue weighted by molar-refractivity contribution is 5.71. The van der Waals surface area contributed by atoms with E-state index in [2.05, 4.69) is 81.5 Å². The fourth-order valence-corrected chi connectivity index (χ4v) is 9.13. The van der Waals surface area contributed by atoms with Crippen LogP contribution in [0.5, 0.6) is 0 Å². The van der Waals surface area contributed by atoms with Crippen molar-refractivity contribution in [1.82, 2.24) is 0 Å². The molecule has 0 aromatic rings. The zero-order valence-electron chi connectivity index (χ0n) is 48.7. The summed E-state index contributed by atoms with van der Waals surface area (Å²) in [6.07, 6.45) is 78.0. The van der Waals surface area contributed by atoms with Crippen LogP contribution in [0.15, 0.2) is 60.8 Å². The standard InChI is InChI=1S/C67H120O6/c1-4-7-10-13-16-19-22-24-26-28-30-31-32-33-34-35-37-38-40-42-45-48-51-54-57-60-66(69)72-63-64(62-71-65(68)59-56-53-50-47-44-21-18-15-12-9-6-3)73-67(70)61-58-55-52-49-46-43-41-39-36-29-27-25-23-20-17-14-11-8-5-2/h15,18,22,24-25,27-28,30,32-33,64H,4-14,16-17,19-21,23,26,29,31,34-63H2,1-3H3/b18-15-,24-22-,27-25-,30-28-,33-32-. The van der Waals surface area contributed by atoms with Gasteiger partial charge in [0.2, 0.25) is 0 Å². The van der Waals surface area contributed by atoms with E-state index in [0.29, 0.717) is 19.3 Å². The number of hydrogen-bond acceptors (Lipinski definition) is 6. The molecule has 0 radical (unpaired) electrons. The van der Waals surface area contributed by atoms with Gasteiger partial charge in [-0.3, -0.25) is 14.4 Å². The van der Waals surface area contributed by atoms with Gasteiger partial charge in [0.15, 0.2) is 6.10 Å². The molecule has 424 valence electrons. The molecule has 6 heteroatoms. The van der Waals surface area contributed by atoms with Crippen molar-refractivity contribution in [3.05, 3.63) is 60.8 Å². The van der Waals surface area contributed by atoms with Crippen LogP contribution in [0.3, 0.4) is 0 Å². The van der Waals surface area contributed by atoms with Crippen molar-refractivity contribution in [2.75, 3.05) is 13.2 Å². The van der Waals surface area contributed by atoms with Crippen molar-refractivity contribution in [3.8, 4) is 0 Å². The number of unbranched alkanes of at least 4 members (excludes halogenated alkanes) is 37. The average molecular weight is 1020 g/mol. The molecule has 0 rings (SSSR count). The van der Waals surface area contributed by atoms with Crippen LogP contribution in [0, 0.1) is 0 Å². The van der Waals surface area contributed by atoms with Gasteiger partial charge in [-0.05, 0) is 103 Å². The van der Waals surface area contributed by atoms with Crippen molar-refractivity contribution >= 4 is 17.9 Å². The molecule has 0 N–H and O–H groups in total. The van der Waals surface area contributed by atoms with Crippen LogP contribution in [0.2, 0.25) is 0 Å². The number of carbonyl (C=O) groups excluding carboxylic acids is 3. The molecule has 0 aromatic heterocycles. The minimum atomic E-state index is -0.780. The van der Waals surface area contributed by atoms with Crippen molar-refractivity contribution in [2.45, 2.75) is 335 Å². The van der Waals surface area contributed by atoms with Gasteiger partial charge in [-0.15, -0.1) is 0 Å². The quantitative estimate of drug-likeness (QED) is 0.0261. The predicted molar refractivity (Wildman–Crippen MR) is 316 cm³/mol. The van der Waals surface area contributed by atoms with Crippen LogP contribution in [-0.2, 0) is 28.6 Å². The Morgan fingerprint density at radius 1 is 0.274 bits per heavy atom. The Kier molecular flexibility index (Phi) is 59.2. The maximum absolute atomic E-state index is 12.9. The van der Waals surface area contributed by atoms with E-state index in [1.54, 1.807) is 0 Å². The first-order valence-corrected chi connectivity index (χ1v) is 31.8. The molecule has 0 aliphatic carbocycles. The van der Waals surface area contributed by atoms with Gasteiger partial charge in [0, 0.05) is 19.3 Å². The molecule has 0 aliphatic rings. The van der Waals surface area contributed by atoms with Gasteiger partial charge in [0.05, 0.1) is 0 Å². The van der Waals surface area contributed by atoms with E-state index in [-0.39, 0.29) is 31.1 Å². The highest BCUT2D eigenvalue weighted by Gasteiger charge is 2.19. The molecule has 0 fully saturated rings. The van der Waals surface area contributed by atoms with Gasteiger partial charge < -0.3 is 14.2 Å². The van der Waals surface area contributed by atoms with Gasteiger partial charge in [0.25, 0.3) is 0 Å². The minimum absolute atomic E-state index is 0.0781.